The monoisotopic (exact) mass is 212 g/mol. The van der Waals surface area contributed by atoms with E-state index < -0.39 is 0 Å². The van der Waals surface area contributed by atoms with E-state index in [1.807, 2.05) is 20.9 Å². The van der Waals surface area contributed by atoms with Gasteiger partial charge in [0.15, 0.2) is 5.96 Å². The molecule has 0 aliphatic carbocycles. The molecule has 0 radical (unpaired) electrons. The molecule has 0 aromatic carbocycles. The first-order valence-electron chi connectivity index (χ1n) is 5.38. The fourth-order valence-electron chi connectivity index (χ4n) is 1.41. The zero-order valence-electron chi connectivity index (χ0n) is 9.71. The van der Waals surface area contributed by atoms with Crippen molar-refractivity contribution in [2.45, 2.75) is 26.3 Å². The first-order chi connectivity index (χ1) is 7.09. The van der Waals surface area contributed by atoms with Gasteiger partial charge < -0.3 is 15.5 Å². The smallest absolute Gasteiger partial charge is 0.221 e. The summed E-state index contributed by atoms with van der Waals surface area (Å²) in [4.78, 5) is 17.6. The van der Waals surface area contributed by atoms with E-state index >= 15 is 0 Å². The molecule has 0 saturated carbocycles. The molecular weight excluding hydrogens is 192 g/mol. The Labute approximate surface area is 90.9 Å². The topological polar surface area (TPSA) is 56.7 Å². The van der Waals surface area contributed by atoms with Crippen molar-refractivity contribution >= 4 is 11.9 Å². The molecule has 5 nitrogen and oxygen atoms in total. The summed E-state index contributed by atoms with van der Waals surface area (Å²) in [5.74, 6) is 0.978. The summed E-state index contributed by atoms with van der Waals surface area (Å²) in [6, 6.07) is 0.212. The number of nitrogens with zero attached hydrogens (tertiary/aromatic N) is 2. The molecule has 1 aliphatic rings. The van der Waals surface area contributed by atoms with Gasteiger partial charge in [-0.1, -0.05) is 0 Å². The van der Waals surface area contributed by atoms with E-state index in [1.165, 1.54) is 0 Å². The third-order valence-corrected chi connectivity index (χ3v) is 2.14. The summed E-state index contributed by atoms with van der Waals surface area (Å²) < 4.78 is 0. The Bertz CT molecular complexity index is 250. The van der Waals surface area contributed by atoms with Crippen LogP contribution in [0.5, 0.6) is 0 Å². The second-order valence-electron chi connectivity index (χ2n) is 4.03. The molecule has 0 bridgehead atoms. The zero-order valence-corrected chi connectivity index (χ0v) is 9.71. The van der Waals surface area contributed by atoms with E-state index in [1.54, 1.807) is 0 Å². The molecule has 2 N–H and O–H groups in total. The van der Waals surface area contributed by atoms with E-state index in [0.717, 1.165) is 19.0 Å². The summed E-state index contributed by atoms with van der Waals surface area (Å²) in [5, 5.41) is 6.00. The number of likely N-dealkylation sites (N-methyl/N-ethyl adjacent to an activating group) is 1. The summed E-state index contributed by atoms with van der Waals surface area (Å²) in [6.45, 7) is 6.36. The lowest BCUT2D eigenvalue weighted by Gasteiger charge is -2.15. The number of amides is 1. The van der Waals surface area contributed by atoms with Crippen LogP contribution in [0.2, 0.25) is 0 Å². The van der Waals surface area contributed by atoms with Crippen molar-refractivity contribution in [3.05, 3.63) is 0 Å². The van der Waals surface area contributed by atoms with Crippen molar-refractivity contribution in [2.24, 2.45) is 4.99 Å². The Morgan fingerprint density at radius 1 is 1.60 bits per heavy atom. The highest BCUT2D eigenvalue weighted by Gasteiger charge is 2.11. The second-order valence-corrected chi connectivity index (χ2v) is 4.03. The third-order valence-electron chi connectivity index (χ3n) is 2.14. The van der Waals surface area contributed by atoms with Gasteiger partial charge in [-0.05, 0) is 13.8 Å². The van der Waals surface area contributed by atoms with Crippen LogP contribution >= 0.6 is 0 Å². The number of hydrogen-bond acceptors (Lipinski definition) is 4. The predicted octanol–water partition coefficient (Wildman–Crippen LogP) is -0.208. The van der Waals surface area contributed by atoms with Gasteiger partial charge in [-0.25, -0.2) is 0 Å². The normalized spacial score (nSPS) is 15.5. The molecule has 0 aromatic rings. The SMILES string of the molecule is CC(C)NC(=O)CCNC1=NCCN1C. The van der Waals surface area contributed by atoms with Crippen LogP contribution in [0, 0.1) is 0 Å². The lowest BCUT2D eigenvalue weighted by Crippen LogP contribution is -2.38. The molecule has 0 aromatic heterocycles. The van der Waals surface area contributed by atoms with Gasteiger partial charge in [0.05, 0.1) is 6.54 Å². The van der Waals surface area contributed by atoms with Crippen LogP contribution in [0.1, 0.15) is 20.3 Å². The number of hydrogen-bond donors (Lipinski definition) is 2. The summed E-state index contributed by atoms with van der Waals surface area (Å²) in [6.07, 6.45) is 0.491. The first kappa shape index (κ1) is 11.8. The van der Waals surface area contributed by atoms with Crippen LogP contribution in [0.15, 0.2) is 4.99 Å². The summed E-state index contributed by atoms with van der Waals surface area (Å²) >= 11 is 0. The maximum absolute atomic E-state index is 11.3. The standard InChI is InChI=1S/C10H20N4O/c1-8(2)13-9(15)4-5-11-10-12-6-7-14(10)3/h8H,4-7H2,1-3H3,(H,11,12)(H,13,15). The van der Waals surface area contributed by atoms with Crippen molar-refractivity contribution in [3.8, 4) is 0 Å². The number of aliphatic imine (C=N–C) groups is 1. The first-order valence-corrected chi connectivity index (χ1v) is 5.38. The van der Waals surface area contributed by atoms with Crippen LogP contribution in [0.4, 0.5) is 0 Å². The van der Waals surface area contributed by atoms with E-state index in [9.17, 15) is 4.79 Å². The maximum atomic E-state index is 11.3. The highest BCUT2D eigenvalue weighted by molar-refractivity contribution is 5.82. The summed E-state index contributed by atoms with van der Waals surface area (Å²) in [7, 11) is 1.99. The predicted molar refractivity (Wildman–Crippen MR) is 60.8 cm³/mol. The quantitative estimate of drug-likeness (QED) is 0.678. The van der Waals surface area contributed by atoms with Gasteiger partial charge in [0, 0.05) is 32.6 Å². The Hall–Kier alpha value is -1.26. The van der Waals surface area contributed by atoms with Gasteiger partial charge in [0.1, 0.15) is 0 Å². The van der Waals surface area contributed by atoms with Crippen molar-refractivity contribution in [3.63, 3.8) is 0 Å². The zero-order chi connectivity index (χ0) is 11.3. The van der Waals surface area contributed by atoms with Gasteiger partial charge in [-0.3, -0.25) is 9.79 Å². The third kappa shape index (κ3) is 4.18. The van der Waals surface area contributed by atoms with Crippen LogP contribution in [0.25, 0.3) is 0 Å². The van der Waals surface area contributed by atoms with E-state index in [2.05, 4.69) is 20.5 Å². The van der Waals surface area contributed by atoms with Gasteiger partial charge in [-0.15, -0.1) is 0 Å². The van der Waals surface area contributed by atoms with Crippen LogP contribution in [-0.4, -0.2) is 49.5 Å². The van der Waals surface area contributed by atoms with Gasteiger partial charge in [0.2, 0.25) is 5.91 Å². The van der Waals surface area contributed by atoms with Gasteiger partial charge in [0.25, 0.3) is 0 Å². The average Bonchev–Trinajstić information content (AvgIpc) is 2.50. The minimum atomic E-state index is 0.0822. The molecule has 5 heteroatoms. The number of carbonyl (C=O) groups excluding carboxylic acids is 1. The minimum Gasteiger partial charge on any atom is -0.356 e. The Morgan fingerprint density at radius 3 is 2.87 bits per heavy atom. The molecular formula is C10H20N4O. The highest BCUT2D eigenvalue weighted by atomic mass is 16.1. The molecule has 1 aliphatic heterocycles. The minimum absolute atomic E-state index is 0.0822. The Balaban J connectivity index is 2.13. The Morgan fingerprint density at radius 2 is 2.33 bits per heavy atom. The highest BCUT2D eigenvalue weighted by Crippen LogP contribution is 1.94. The fraction of sp³-hybridized carbons (Fsp3) is 0.800. The molecule has 0 unspecified atom stereocenters. The largest absolute Gasteiger partial charge is 0.356 e. The lowest BCUT2D eigenvalue weighted by atomic mass is 10.3. The van der Waals surface area contributed by atoms with Crippen molar-refractivity contribution in [1.82, 2.24) is 15.5 Å². The molecule has 1 amide bonds. The maximum Gasteiger partial charge on any atom is 0.221 e. The Kier molecular flexibility index (Phi) is 4.39. The number of nitrogens with one attached hydrogen (secondary N) is 2. The fourth-order valence-corrected chi connectivity index (χ4v) is 1.41. The second kappa shape index (κ2) is 5.58. The lowest BCUT2D eigenvalue weighted by molar-refractivity contribution is -0.121. The molecule has 0 saturated heterocycles. The van der Waals surface area contributed by atoms with Gasteiger partial charge in [-0.2, -0.15) is 0 Å². The van der Waals surface area contributed by atoms with Crippen molar-refractivity contribution in [2.75, 3.05) is 26.7 Å². The van der Waals surface area contributed by atoms with Crippen LogP contribution in [0.3, 0.4) is 0 Å². The number of guanidine groups is 1. The van der Waals surface area contributed by atoms with Gasteiger partial charge >= 0.3 is 0 Å². The molecule has 0 spiro atoms. The molecule has 15 heavy (non-hydrogen) atoms. The van der Waals surface area contributed by atoms with E-state index in [4.69, 9.17) is 0 Å². The number of carbonyl (C=O) groups is 1. The van der Waals surface area contributed by atoms with Crippen LogP contribution in [-0.2, 0) is 4.79 Å². The van der Waals surface area contributed by atoms with Crippen molar-refractivity contribution < 1.29 is 4.79 Å². The van der Waals surface area contributed by atoms with Crippen molar-refractivity contribution in [1.29, 1.82) is 0 Å². The molecule has 86 valence electrons. The molecule has 0 fully saturated rings. The average molecular weight is 212 g/mol. The molecule has 1 rings (SSSR count). The van der Waals surface area contributed by atoms with Crippen LogP contribution < -0.4 is 10.6 Å². The number of rotatable bonds is 4. The van der Waals surface area contributed by atoms with E-state index in [0.29, 0.717) is 13.0 Å². The van der Waals surface area contributed by atoms with E-state index in [-0.39, 0.29) is 11.9 Å². The molecule has 1 heterocycles. The summed E-state index contributed by atoms with van der Waals surface area (Å²) in [5.41, 5.74) is 0. The molecule has 0 atom stereocenters.